The molecule has 0 saturated carbocycles. The van der Waals surface area contributed by atoms with Gasteiger partial charge in [-0.2, -0.15) is 0 Å². The average molecular weight is 238 g/mol. The lowest BCUT2D eigenvalue weighted by Crippen LogP contribution is -2.17. The number of carboxylic acid groups (broad SMARTS) is 1. The van der Waals surface area contributed by atoms with E-state index in [4.69, 9.17) is 9.84 Å². The Kier molecular flexibility index (Phi) is 4.94. The molecule has 1 rings (SSSR count). The molecule has 4 nitrogen and oxygen atoms in total. The van der Waals surface area contributed by atoms with Crippen LogP contribution in [0.1, 0.15) is 39.5 Å². The van der Waals surface area contributed by atoms with Crippen LogP contribution < -0.4 is 0 Å². The van der Waals surface area contributed by atoms with Crippen molar-refractivity contribution in [2.24, 2.45) is 0 Å². The van der Waals surface area contributed by atoms with E-state index in [0.29, 0.717) is 18.4 Å². The highest BCUT2D eigenvalue weighted by Gasteiger charge is 2.24. The number of ether oxygens (including phenoxy) is 1. The summed E-state index contributed by atoms with van der Waals surface area (Å²) in [5.41, 5.74) is 1.62. The van der Waals surface area contributed by atoms with Gasteiger partial charge in [-0.3, -0.25) is 0 Å². The summed E-state index contributed by atoms with van der Waals surface area (Å²) in [6.45, 7) is 4.03. The molecule has 1 N–H and O–H groups in total. The zero-order valence-corrected chi connectivity index (χ0v) is 10.3. The number of carbonyl (C=O) groups is 2. The SMILES string of the molecule is CC(C)=CCOC(=O)C1=C(C(=O)O)CCCC1. The third-order valence-corrected chi connectivity index (χ3v) is 2.68. The standard InChI is InChI=1S/C13H18O4/c1-9(2)7-8-17-13(16)11-6-4-3-5-10(11)12(14)15/h7H,3-6,8H2,1-2H3,(H,14,15). The van der Waals surface area contributed by atoms with Crippen LogP contribution in [0.5, 0.6) is 0 Å². The molecule has 0 heterocycles. The largest absolute Gasteiger partial charge is 0.478 e. The first kappa shape index (κ1) is 13.5. The summed E-state index contributed by atoms with van der Waals surface area (Å²) in [5.74, 6) is -1.49. The van der Waals surface area contributed by atoms with Crippen LogP contribution in [-0.4, -0.2) is 23.7 Å². The Labute approximate surface area is 101 Å². The fourth-order valence-corrected chi connectivity index (χ4v) is 1.74. The zero-order chi connectivity index (χ0) is 12.8. The molecule has 0 aromatic rings. The molecule has 17 heavy (non-hydrogen) atoms. The minimum absolute atomic E-state index is 0.206. The normalized spacial score (nSPS) is 15.4. The van der Waals surface area contributed by atoms with E-state index in [9.17, 15) is 9.59 Å². The zero-order valence-electron chi connectivity index (χ0n) is 10.3. The maximum atomic E-state index is 11.7. The van der Waals surface area contributed by atoms with Gasteiger partial charge in [0.25, 0.3) is 0 Å². The summed E-state index contributed by atoms with van der Waals surface area (Å²) in [6, 6.07) is 0. The van der Waals surface area contributed by atoms with Crippen molar-refractivity contribution in [3.63, 3.8) is 0 Å². The second-order valence-corrected chi connectivity index (χ2v) is 4.35. The van der Waals surface area contributed by atoms with Crippen LogP contribution in [0.3, 0.4) is 0 Å². The second kappa shape index (κ2) is 6.23. The molecule has 0 fully saturated rings. The molecule has 0 aliphatic heterocycles. The molecule has 0 atom stereocenters. The van der Waals surface area contributed by atoms with Gasteiger partial charge in [-0.15, -0.1) is 0 Å². The summed E-state index contributed by atoms with van der Waals surface area (Å²) in [5, 5.41) is 8.99. The van der Waals surface area contributed by atoms with Crippen molar-refractivity contribution in [2.75, 3.05) is 6.61 Å². The number of esters is 1. The quantitative estimate of drug-likeness (QED) is 0.603. The Balaban J connectivity index is 2.71. The Morgan fingerprint density at radius 1 is 1.24 bits per heavy atom. The van der Waals surface area contributed by atoms with E-state index in [-0.39, 0.29) is 12.2 Å². The molecular weight excluding hydrogens is 220 g/mol. The van der Waals surface area contributed by atoms with Crippen molar-refractivity contribution in [3.05, 3.63) is 22.8 Å². The van der Waals surface area contributed by atoms with E-state index in [1.165, 1.54) is 0 Å². The van der Waals surface area contributed by atoms with Gasteiger partial charge in [0.1, 0.15) is 6.61 Å². The molecule has 1 aliphatic carbocycles. The van der Waals surface area contributed by atoms with Crippen molar-refractivity contribution in [2.45, 2.75) is 39.5 Å². The molecule has 4 heteroatoms. The number of rotatable bonds is 4. The highest BCUT2D eigenvalue weighted by molar-refractivity contribution is 5.99. The first-order valence-corrected chi connectivity index (χ1v) is 5.78. The maximum absolute atomic E-state index is 11.7. The van der Waals surface area contributed by atoms with E-state index in [0.717, 1.165) is 18.4 Å². The van der Waals surface area contributed by atoms with Gasteiger partial charge >= 0.3 is 11.9 Å². The lowest BCUT2D eigenvalue weighted by atomic mass is 9.92. The van der Waals surface area contributed by atoms with Crippen molar-refractivity contribution < 1.29 is 19.4 Å². The molecule has 0 amide bonds. The van der Waals surface area contributed by atoms with Crippen LogP contribution >= 0.6 is 0 Å². The molecule has 1 aliphatic rings. The van der Waals surface area contributed by atoms with E-state index < -0.39 is 11.9 Å². The van der Waals surface area contributed by atoms with Gasteiger partial charge in [0.15, 0.2) is 0 Å². The Morgan fingerprint density at radius 3 is 2.35 bits per heavy atom. The molecule has 0 saturated heterocycles. The number of carbonyl (C=O) groups excluding carboxylic acids is 1. The number of carboxylic acids is 1. The number of allylic oxidation sites excluding steroid dienone is 1. The molecule has 0 unspecified atom stereocenters. The maximum Gasteiger partial charge on any atom is 0.334 e. The monoisotopic (exact) mass is 238 g/mol. The Bertz CT molecular complexity index is 373. The van der Waals surface area contributed by atoms with E-state index >= 15 is 0 Å². The fraction of sp³-hybridized carbons (Fsp3) is 0.538. The summed E-state index contributed by atoms with van der Waals surface area (Å²) in [7, 11) is 0. The average Bonchev–Trinajstić information content (AvgIpc) is 2.28. The minimum Gasteiger partial charge on any atom is -0.478 e. The predicted molar refractivity (Wildman–Crippen MR) is 63.5 cm³/mol. The first-order chi connectivity index (χ1) is 8.02. The lowest BCUT2D eigenvalue weighted by Gasteiger charge is -2.16. The number of hydrogen-bond acceptors (Lipinski definition) is 3. The molecule has 0 aromatic heterocycles. The van der Waals surface area contributed by atoms with Gasteiger partial charge in [-0.1, -0.05) is 5.57 Å². The van der Waals surface area contributed by atoms with Crippen LogP contribution in [0, 0.1) is 0 Å². The molecule has 94 valence electrons. The number of hydrogen-bond donors (Lipinski definition) is 1. The van der Waals surface area contributed by atoms with E-state index in [1.54, 1.807) is 6.08 Å². The van der Waals surface area contributed by atoms with Crippen LogP contribution in [-0.2, 0) is 14.3 Å². The third-order valence-electron chi connectivity index (χ3n) is 2.68. The summed E-state index contributed by atoms with van der Waals surface area (Å²) in [6.07, 6.45) is 4.44. The molecule has 0 aromatic carbocycles. The smallest absolute Gasteiger partial charge is 0.334 e. The predicted octanol–water partition coefficient (Wildman–Crippen LogP) is 2.45. The van der Waals surface area contributed by atoms with Crippen molar-refractivity contribution in [3.8, 4) is 0 Å². The van der Waals surface area contributed by atoms with Crippen LogP contribution in [0.2, 0.25) is 0 Å². The second-order valence-electron chi connectivity index (χ2n) is 4.35. The van der Waals surface area contributed by atoms with Gasteiger partial charge in [0, 0.05) is 11.1 Å². The van der Waals surface area contributed by atoms with Crippen LogP contribution in [0.15, 0.2) is 22.8 Å². The van der Waals surface area contributed by atoms with E-state index in [2.05, 4.69) is 0 Å². The Hall–Kier alpha value is -1.58. The molecule has 0 bridgehead atoms. The highest BCUT2D eigenvalue weighted by atomic mass is 16.5. The lowest BCUT2D eigenvalue weighted by molar-refractivity contribution is -0.139. The van der Waals surface area contributed by atoms with Gasteiger partial charge in [-0.25, -0.2) is 9.59 Å². The molecule has 0 spiro atoms. The highest BCUT2D eigenvalue weighted by Crippen LogP contribution is 2.25. The minimum atomic E-state index is -1.00. The van der Waals surface area contributed by atoms with Crippen LogP contribution in [0.25, 0.3) is 0 Å². The fourth-order valence-electron chi connectivity index (χ4n) is 1.74. The van der Waals surface area contributed by atoms with Gasteiger partial charge in [-0.05, 0) is 45.6 Å². The van der Waals surface area contributed by atoms with Crippen molar-refractivity contribution >= 4 is 11.9 Å². The Morgan fingerprint density at radius 2 is 1.82 bits per heavy atom. The topological polar surface area (TPSA) is 63.6 Å². The van der Waals surface area contributed by atoms with Gasteiger partial charge in [0.2, 0.25) is 0 Å². The van der Waals surface area contributed by atoms with Gasteiger partial charge in [0.05, 0.1) is 0 Å². The summed E-state index contributed by atoms with van der Waals surface area (Å²) < 4.78 is 5.04. The summed E-state index contributed by atoms with van der Waals surface area (Å²) >= 11 is 0. The third kappa shape index (κ3) is 4.06. The number of aliphatic carboxylic acids is 1. The van der Waals surface area contributed by atoms with E-state index in [1.807, 2.05) is 13.8 Å². The first-order valence-electron chi connectivity index (χ1n) is 5.78. The van der Waals surface area contributed by atoms with Gasteiger partial charge < -0.3 is 9.84 Å². The summed E-state index contributed by atoms with van der Waals surface area (Å²) in [4.78, 5) is 22.7. The van der Waals surface area contributed by atoms with Crippen molar-refractivity contribution in [1.29, 1.82) is 0 Å². The molecule has 0 radical (unpaired) electrons. The van der Waals surface area contributed by atoms with Crippen molar-refractivity contribution in [1.82, 2.24) is 0 Å². The molecular formula is C13H18O4. The van der Waals surface area contributed by atoms with Crippen LogP contribution in [0.4, 0.5) is 0 Å².